The highest BCUT2D eigenvalue weighted by Crippen LogP contribution is 2.40. The maximum absolute atomic E-state index is 12.9. The number of carbonyl (C=O) groups excluding carboxylic acids is 2. The Bertz CT molecular complexity index is 999. The molecule has 0 radical (unpaired) electrons. The SMILES string of the molecule is CN1C(=O)C(NC(=O)c2ncc3c(n2)[C@]2(CCCOC2)OC3)COc2ccccc21. The summed E-state index contributed by atoms with van der Waals surface area (Å²) in [6.45, 7) is 1.53. The van der Waals surface area contributed by atoms with Crippen molar-refractivity contribution >= 4 is 17.5 Å². The Morgan fingerprint density at radius 2 is 2.20 bits per heavy atom. The average molecular weight is 410 g/mol. The molecular weight excluding hydrogens is 388 g/mol. The van der Waals surface area contributed by atoms with Crippen LogP contribution in [0.1, 0.15) is 34.7 Å². The van der Waals surface area contributed by atoms with Gasteiger partial charge in [-0.1, -0.05) is 12.1 Å². The van der Waals surface area contributed by atoms with E-state index in [9.17, 15) is 9.59 Å². The highest BCUT2D eigenvalue weighted by atomic mass is 16.5. The number of nitrogens with one attached hydrogen (secondary N) is 1. The van der Waals surface area contributed by atoms with Crippen LogP contribution in [0.4, 0.5) is 5.69 Å². The Morgan fingerprint density at radius 3 is 3.03 bits per heavy atom. The molecule has 1 unspecified atom stereocenters. The number of aromatic nitrogens is 2. The van der Waals surface area contributed by atoms with Gasteiger partial charge in [0.2, 0.25) is 5.82 Å². The van der Waals surface area contributed by atoms with Crippen molar-refractivity contribution in [3.05, 3.63) is 47.5 Å². The second-order valence-corrected chi connectivity index (χ2v) is 7.71. The van der Waals surface area contributed by atoms with Gasteiger partial charge in [0.05, 0.1) is 24.6 Å². The average Bonchev–Trinajstić information content (AvgIpc) is 3.07. The molecule has 3 aliphatic rings. The first-order valence-corrected chi connectivity index (χ1v) is 9.96. The number of benzene rings is 1. The fourth-order valence-corrected chi connectivity index (χ4v) is 4.15. The predicted octanol–water partition coefficient (Wildman–Crippen LogP) is 1.17. The van der Waals surface area contributed by atoms with Crippen LogP contribution in [0.15, 0.2) is 30.5 Å². The standard InChI is InChI=1S/C21H22N4O5/c1-25-15-5-2-3-6-16(15)29-11-14(20(25)27)23-19(26)18-22-9-13-10-30-21(17(13)24-18)7-4-8-28-12-21/h2-3,5-6,9,14H,4,7-8,10-12H2,1H3,(H,23,26)/t14?,21-/m1/s1. The van der Waals surface area contributed by atoms with Gasteiger partial charge in [-0.25, -0.2) is 9.97 Å². The first-order valence-electron chi connectivity index (χ1n) is 9.96. The van der Waals surface area contributed by atoms with Crippen LogP contribution < -0.4 is 15.0 Å². The van der Waals surface area contributed by atoms with E-state index in [-0.39, 0.29) is 18.3 Å². The first-order chi connectivity index (χ1) is 14.6. The number of amides is 2. The Morgan fingerprint density at radius 1 is 1.33 bits per heavy atom. The van der Waals surface area contributed by atoms with E-state index in [2.05, 4.69) is 15.3 Å². The van der Waals surface area contributed by atoms with Gasteiger partial charge in [0.1, 0.15) is 24.0 Å². The van der Waals surface area contributed by atoms with Crippen molar-refractivity contribution in [3.8, 4) is 5.75 Å². The lowest BCUT2D eigenvalue weighted by atomic mass is 9.92. The molecule has 30 heavy (non-hydrogen) atoms. The molecule has 1 aromatic heterocycles. The summed E-state index contributed by atoms with van der Waals surface area (Å²) in [6.07, 6.45) is 3.27. The van der Waals surface area contributed by atoms with E-state index in [1.807, 2.05) is 12.1 Å². The molecule has 1 saturated heterocycles. The zero-order valence-corrected chi connectivity index (χ0v) is 16.6. The second-order valence-electron chi connectivity index (χ2n) is 7.71. The molecule has 0 bridgehead atoms. The lowest BCUT2D eigenvalue weighted by Crippen LogP contribution is -2.49. The molecule has 2 aromatic rings. The minimum atomic E-state index is -0.852. The van der Waals surface area contributed by atoms with Gasteiger partial charge in [0.25, 0.3) is 11.8 Å². The van der Waals surface area contributed by atoms with E-state index in [0.29, 0.717) is 37.0 Å². The van der Waals surface area contributed by atoms with Gasteiger partial charge in [-0.05, 0) is 25.0 Å². The van der Waals surface area contributed by atoms with Crippen LogP contribution in [-0.4, -0.2) is 54.7 Å². The molecule has 0 saturated carbocycles. The molecule has 1 fully saturated rings. The summed E-state index contributed by atoms with van der Waals surface area (Å²) in [6, 6.07) is 6.40. The highest BCUT2D eigenvalue weighted by molar-refractivity contribution is 6.02. The van der Waals surface area contributed by atoms with Crippen molar-refractivity contribution in [2.24, 2.45) is 0 Å². The number of carbonyl (C=O) groups is 2. The summed E-state index contributed by atoms with van der Waals surface area (Å²) >= 11 is 0. The van der Waals surface area contributed by atoms with Gasteiger partial charge < -0.3 is 24.4 Å². The summed E-state index contributed by atoms with van der Waals surface area (Å²) < 4.78 is 17.3. The molecule has 4 heterocycles. The summed E-state index contributed by atoms with van der Waals surface area (Å²) in [4.78, 5) is 35.9. The molecule has 156 valence electrons. The lowest BCUT2D eigenvalue weighted by molar-refractivity contribution is -0.127. The first kappa shape index (κ1) is 19.0. The van der Waals surface area contributed by atoms with Gasteiger partial charge in [0.15, 0.2) is 0 Å². The van der Waals surface area contributed by atoms with Crippen molar-refractivity contribution in [1.82, 2.24) is 15.3 Å². The van der Waals surface area contributed by atoms with Crippen molar-refractivity contribution in [3.63, 3.8) is 0 Å². The maximum Gasteiger partial charge on any atom is 0.289 e. The molecule has 9 nitrogen and oxygen atoms in total. The molecule has 9 heteroatoms. The Labute approximate surface area is 173 Å². The largest absolute Gasteiger partial charge is 0.489 e. The monoisotopic (exact) mass is 410 g/mol. The fourth-order valence-electron chi connectivity index (χ4n) is 4.15. The van der Waals surface area contributed by atoms with Gasteiger partial charge in [-0.3, -0.25) is 9.59 Å². The zero-order valence-electron chi connectivity index (χ0n) is 16.6. The molecular formula is C21H22N4O5. The summed E-state index contributed by atoms with van der Waals surface area (Å²) in [7, 11) is 1.66. The molecule has 0 aliphatic carbocycles. The van der Waals surface area contributed by atoms with Crippen molar-refractivity contribution in [2.45, 2.75) is 31.1 Å². The quantitative estimate of drug-likeness (QED) is 0.793. The third-order valence-corrected chi connectivity index (χ3v) is 5.77. The van der Waals surface area contributed by atoms with Crippen LogP contribution in [0.5, 0.6) is 5.75 Å². The summed E-state index contributed by atoms with van der Waals surface area (Å²) in [5, 5.41) is 2.72. The van der Waals surface area contributed by atoms with Gasteiger partial charge in [-0.2, -0.15) is 0 Å². The van der Waals surface area contributed by atoms with E-state index < -0.39 is 17.6 Å². The number of anilines is 1. The smallest absolute Gasteiger partial charge is 0.289 e. The molecule has 5 rings (SSSR count). The minimum Gasteiger partial charge on any atom is -0.489 e. The van der Waals surface area contributed by atoms with Crippen LogP contribution in [0, 0.1) is 0 Å². The molecule has 1 aromatic carbocycles. The minimum absolute atomic E-state index is 0.00131. The second kappa shape index (κ2) is 7.33. The molecule has 2 amide bonds. The molecule has 3 aliphatic heterocycles. The fraction of sp³-hybridized carbons (Fsp3) is 0.429. The number of fused-ring (bicyclic) bond motifs is 3. The van der Waals surface area contributed by atoms with Crippen molar-refractivity contribution in [1.29, 1.82) is 0 Å². The number of para-hydroxylation sites is 2. The maximum atomic E-state index is 12.9. The van der Waals surface area contributed by atoms with Crippen LogP contribution in [0.25, 0.3) is 0 Å². The van der Waals surface area contributed by atoms with E-state index in [4.69, 9.17) is 14.2 Å². The normalized spacial score (nSPS) is 25.3. The lowest BCUT2D eigenvalue weighted by Gasteiger charge is -2.32. The topological polar surface area (TPSA) is 103 Å². The number of ether oxygens (including phenoxy) is 3. The third kappa shape index (κ3) is 3.10. The van der Waals surface area contributed by atoms with Crippen molar-refractivity contribution < 1.29 is 23.8 Å². The number of hydrogen-bond acceptors (Lipinski definition) is 7. The van der Waals surface area contributed by atoms with E-state index in [0.717, 1.165) is 18.4 Å². The Hall–Kier alpha value is -3.04. The Balaban J connectivity index is 1.36. The zero-order chi connectivity index (χ0) is 20.7. The third-order valence-electron chi connectivity index (χ3n) is 5.77. The highest BCUT2D eigenvalue weighted by Gasteiger charge is 2.44. The number of likely N-dealkylation sites (N-methyl/N-ethyl adjacent to an activating group) is 1. The van der Waals surface area contributed by atoms with Gasteiger partial charge in [-0.15, -0.1) is 0 Å². The number of hydrogen-bond donors (Lipinski definition) is 1. The van der Waals surface area contributed by atoms with E-state index in [1.165, 1.54) is 4.90 Å². The summed E-state index contributed by atoms with van der Waals surface area (Å²) in [5.41, 5.74) is 1.61. The van der Waals surface area contributed by atoms with Gasteiger partial charge in [0, 0.05) is 25.4 Å². The van der Waals surface area contributed by atoms with Crippen LogP contribution >= 0.6 is 0 Å². The van der Waals surface area contributed by atoms with Crippen LogP contribution in [-0.2, 0) is 26.5 Å². The number of nitrogens with zero attached hydrogens (tertiary/aromatic N) is 3. The summed E-state index contributed by atoms with van der Waals surface area (Å²) in [5.74, 6) is -0.204. The van der Waals surface area contributed by atoms with Crippen molar-refractivity contribution in [2.75, 3.05) is 31.8 Å². The molecule has 1 N–H and O–H groups in total. The van der Waals surface area contributed by atoms with Gasteiger partial charge >= 0.3 is 0 Å². The predicted molar refractivity (Wildman–Crippen MR) is 105 cm³/mol. The van der Waals surface area contributed by atoms with E-state index in [1.54, 1.807) is 25.4 Å². The molecule has 1 spiro atoms. The number of rotatable bonds is 2. The van der Waals surface area contributed by atoms with Crippen LogP contribution in [0.2, 0.25) is 0 Å². The molecule has 2 atom stereocenters. The Kier molecular flexibility index (Phi) is 4.63. The van der Waals surface area contributed by atoms with E-state index >= 15 is 0 Å². The van der Waals surface area contributed by atoms with Crippen LogP contribution in [0.3, 0.4) is 0 Å².